The fraction of sp³-hybridized carbons (Fsp3) is 0.357. The molecule has 0 fully saturated rings. The molecule has 0 heterocycles. The molecule has 0 saturated carbocycles. The first-order chi connectivity index (χ1) is 10.3. The Hall–Kier alpha value is -1.73. The van der Waals surface area contributed by atoms with Crippen molar-refractivity contribution < 1.29 is 19.1 Å². The normalized spacial score (nSPS) is 10.2. The Morgan fingerprint density at radius 3 is 2.59 bits per heavy atom. The number of imide groups is 1. The summed E-state index contributed by atoms with van der Waals surface area (Å²) in [6, 6.07) is 4.19. The van der Waals surface area contributed by atoms with Crippen molar-refractivity contribution in [3.63, 3.8) is 0 Å². The van der Waals surface area contributed by atoms with Crippen molar-refractivity contribution in [2.75, 3.05) is 12.9 Å². The predicted molar refractivity (Wildman–Crippen MR) is 85.3 cm³/mol. The smallest absolute Gasteiger partial charge is 0.340 e. The molecular weight excluding hydrogens is 328 g/mol. The third-order valence-corrected chi connectivity index (χ3v) is 3.46. The van der Waals surface area contributed by atoms with Crippen molar-refractivity contribution in [1.29, 1.82) is 0 Å². The summed E-state index contributed by atoms with van der Waals surface area (Å²) in [4.78, 5) is 35.6. The van der Waals surface area contributed by atoms with Crippen LogP contribution in [0, 0.1) is 0 Å². The molecule has 0 aromatic heterocycles. The minimum absolute atomic E-state index is 0.108. The molecule has 0 saturated heterocycles. The maximum atomic E-state index is 11.9. The van der Waals surface area contributed by atoms with Crippen molar-refractivity contribution in [1.82, 2.24) is 10.6 Å². The van der Waals surface area contributed by atoms with Gasteiger partial charge in [0.2, 0.25) is 0 Å². The van der Waals surface area contributed by atoms with Crippen LogP contribution in [-0.4, -0.2) is 36.8 Å². The van der Waals surface area contributed by atoms with Gasteiger partial charge in [0, 0.05) is 10.9 Å². The van der Waals surface area contributed by atoms with E-state index in [0.717, 1.165) is 4.90 Å². The Morgan fingerprint density at radius 1 is 1.32 bits per heavy atom. The van der Waals surface area contributed by atoms with Crippen molar-refractivity contribution in [2.24, 2.45) is 0 Å². The van der Waals surface area contributed by atoms with Crippen molar-refractivity contribution in [3.8, 4) is 0 Å². The first-order valence-corrected chi connectivity index (χ1v) is 8.04. The van der Waals surface area contributed by atoms with E-state index in [1.807, 2.05) is 6.26 Å². The number of benzene rings is 1. The molecule has 0 atom stereocenters. The largest absolute Gasteiger partial charge is 0.452 e. The maximum absolute atomic E-state index is 11.9. The number of urea groups is 1. The van der Waals surface area contributed by atoms with Gasteiger partial charge < -0.3 is 10.1 Å². The second-order valence-electron chi connectivity index (χ2n) is 4.60. The zero-order valence-corrected chi connectivity index (χ0v) is 14.0. The van der Waals surface area contributed by atoms with Crippen LogP contribution in [0.25, 0.3) is 0 Å². The van der Waals surface area contributed by atoms with Gasteiger partial charge in [-0.15, -0.1) is 11.8 Å². The summed E-state index contributed by atoms with van der Waals surface area (Å²) < 4.78 is 4.85. The highest BCUT2D eigenvalue weighted by Crippen LogP contribution is 2.23. The van der Waals surface area contributed by atoms with E-state index in [1.54, 1.807) is 32.0 Å². The quantitative estimate of drug-likeness (QED) is 0.633. The van der Waals surface area contributed by atoms with Gasteiger partial charge in [-0.05, 0) is 38.3 Å². The standard InChI is InChI=1S/C14H17ClN2O4S/c1-8(2)16-14(20)17-12(18)7-21-13(19)10-6-9(22-3)4-5-11(10)15/h4-6,8H,7H2,1-3H3,(H2,16,17,18,20). The molecule has 0 radical (unpaired) electrons. The number of carbonyl (C=O) groups is 3. The molecule has 120 valence electrons. The van der Waals surface area contributed by atoms with Gasteiger partial charge in [-0.1, -0.05) is 11.6 Å². The number of rotatable bonds is 5. The molecule has 6 nitrogen and oxygen atoms in total. The fourth-order valence-electron chi connectivity index (χ4n) is 1.46. The minimum atomic E-state index is -0.722. The first-order valence-electron chi connectivity index (χ1n) is 6.44. The van der Waals surface area contributed by atoms with E-state index in [4.69, 9.17) is 16.3 Å². The highest BCUT2D eigenvalue weighted by Gasteiger charge is 2.15. The Balaban J connectivity index is 2.56. The summed E-state index contributed by atoms with van der Waals surface area (Å²) in [7, 11) is 0. The Labute approximate surface area is 137 Å². The van der Waals surface area contributed by atoms with Crippen molar-refractivity contribution >= 4 is 41.3 Å². The second-order valence-corrected chi connectivity index (χ2v) is 5.89. The van der Waals surface area contributed by atoms with E-state index in [1.165, 1.54) is 11.8 Å². The van der Waals surface area contributed by atoms with Crippen LogP contribution in [0.4, 0.5) is 4.79 Å². The molecule has 1 rings (SSSR count). The van der Waals surface area contributed by atoms with Crippen LogP contribution in [0.3, 0.4) is 0 Å². The number of hydrogen-bond acceptors (Lipinski definition) is 5. The van der Waals surface area contributed by atoms with Gasteiger partial charge in [0.25, 0.3) is 5.91 Å². The zero-order valence-electron chi connectivity index (χ0n) is 12.4. The number of halogens is 1. The summed E-state index contributed by atoms with van der Waals surface area (Å²) in [5.41, 5.74) is 0.174. The maximum Gasteiger partial charge on any atom is 0.340 e. The monoisotopic (exact) mass is 344 g/mol. The van der Waals surface area contributed by atoms with Gasteiger partial charge in [0.1, 0.15) is 0 Å². The number of thioether (sulfide) groups is 1. The van der Waals surface area contributed by atoms with Gasteiger partial charge in [-0.2, -0.15) is 0 Å². The van der Waals surface area contributed by atoms with E-state index >= 15 is 0 Å². The Kier molecular flexibility index (Phi) is 7.20. The van der Waals surface area contributed by atoms with E-state index in [9.17, 15) is 14.4 Å². The van der Waals surface area contributed by atoms with Crippen LogP contribution in [-0.2, 0) is 9.53 Å². The fourth-order valence-corrected chi connectivity index (χ4v) is 2.09. The molecular formula is C14H17ClN2O4S. The van der Waals surface area contributed by atoms with Crippen LogP contribution < -0.4 is 10.6 Å². The lowest BCUT2D eigenvalue weighted by Crippen LogP contribution is -2.44. The van der Waals surface area contributed by atoms with Crippen LogP contribution in [0.15, 0.2) is 23.1 Å². The van der Waals surface area contributed by atoms with Gasteiger partial charge in [-0.25, -0.2) is 9.59 Å². The zero-order chi connectivity index (χ0) is 16.7. The molecule has 1 aromatic carbocycles. The predicted octanol–water partition coefficient (Wildman–Crippen LogP) is 2.45. The molecule has 0 spiro atoms. The molecule has 2 N–H and O–H groups in total. The summed E-state index contributed by atoms with van der Waals surface area (Å²) in [5, 5.41) is 4.77. The molecule has 0 aliphatic rings. The highest BCUT2D eigenvalue weighted by atomic mass is 35.5. The topological polar surface area (TPSA) is 84.5 Å². The Bertz CT molecular complexity index is 578. The molecule has 3 amide bonds. The molecule has 0 aliphatic carbocycles. The minimum Gasteiger partial charge on any atom is -0.452 e. The van der Waals surface area contributed by atoms with E-state index in [0.29, 0.717) is 0 Å². The molecule has 8 heteroatoms. The van der Waals surface area contributed by atoms with Gasteiger partial charge >= 0.3 is 12.0 Å². The van der Waals surface area contributed by atoms with Crippen LogP contribution in [0.1, 0.15) is 24.2 Å². The van der Waals surface area contributed by atoms with E-state index < -0.39 is 24.5 Å². The lowest BCUT2D eigenvalue weighted by Gasteiger charge is -2.10. The lowest BCUT2D eigenvalue weighted by molar-refractivity contribution is -0.123. The number of carbonyl (C=O) groups excluding carboxylic acids is 3. The molecule has 0 unspecified atom stereocenters. The average Bonchev–Trinajstić information content (AvgIpc) is 2.44. The third kappa shape index (κ3) is 5.95. The lowest BCUT2D eigenvalue weighted by atomic mass is 10.2. The molecule has 0 bridgehead atoms. The molecule has 0 aliphatic heterocycles. The van der Waals surface area contributed by atoms with E-state index in [-0.39, 0.29) is 16.6 Å². The van der Waals surface area contributed by atoms with Crippen molar-refractivity contribution in [3.05, 3.63) is 28.8 Å². The number of amides is 3. The van der Waals surface area contributed by atoms with Gasteiger partial charge in [-0.3, -0.25) is 10.1 Å². The average molecular weight is 345 g/mol. The van der Waals surface area contributed by atoms with E-state index in [2.05, 4.69) is 10.6 Å². The first kappa shape index (κ1) is 18.3. The SMILES string of the molecule is CSc1ccc(Cl)c(C(=O)OCC(=O)NC(=O)NC(C)C)c1. The number of esters is 1. The Morgan fingerprint density at radius 2 is 2.00 bits per heavy atom. The molecule has 22 heavy (non-hydrogen) atoms. The summed E-state index contributed by atoms with van der Waals surface area (Å²) in [5.74, 6) is -1.44. The second kappa shape index (κ2) is 8.65. The van der Waals surface area contributed by atoms with Crippen LogP contribution in [0.2, 0.25) is 5.02 Å². The molecule has 1 aromatic rings. The van der Waals surface area contributed by atoms with Crippen molar-refractivity contribution in [2.45, 2.75) is 24.8 Å². The summed E-state index contributed by atoms with van der Waals surface area (Å²) >= 11 is 7.38. The number of nitrogens with one attached hydrogen (secondary N) is 2. The van der Waals surface area contributed by atoms with Crippen LogP contribution in [0.5, 0.6) is 0 Å². The number of ether oxygens (including phenoxy) is 1. The van der Waals surface area contributed by atoms with Gasteiger partial charge in [0.15, 0.2) is 6.61 Å². The third-order valence-electron chi connectivity index (χ3n) is 2.40. The summed E-state index contributed by atoms with van der Waals surface area (Å²) in [6.45, 7) is 2.94. The summed E-state index contributed by atoms with van der Waals surface area (Å²) in [6.07, 6.45) is 1.86. The van der Waals surface area contributed by atoms with Crippen LogP contribution >= 0.6 is 23.4 Å². The van der Waals surface area contributed by atoms with Gasteiger partial charge in [0.05, 0.1) is 10.6 Å². The highest BCUT2D eigenvalue weighted by molar-refractivity contribution is 7.98. The number of hydrogen-bond donors (Lipinski definition) is 2.